The van der Waals surface area contributed by atoms with Crippen molar-refractivity contribution in [2.24, 2.45) is 5.92 Å². The van der Waals surface area contributed by atoms with E-state index in [1.807, 2.05) is 38.1 Å². The van der Waals surface area contributed by atoms with Crippen LogP contribution in [0.5, 0.6) is 5.75 Å². The topological polar surface area (TPSA) is 69.8 Å². The third-order valence-electron chi connectivity index (χ3n) is 4.43. The van der Waals surface area contributed by atoms with Crippen molar-refractivity contribution >= 4 is 39.1 Å². The Morgan fingerprint density at radius 3 is 2.84 bits per heavy atom. The van der Waals surface area contributed by atoms with E-state index in [4.69, 9.17) is 21.7 Å². The van der Waals surface area contributed by atoms with Crippen LogP contribution in [-0.2, 0) is 0 Å². The molecule has 0 saturated carbocycles. The third-order valence-corrected chi connectivity index (χ3v) is 5.81. The summed E-state index contributed by atoms with van der Waals surface area (Å²) >= 11 is 7.70. The molecule has 0 aliphatic carbocycles. The number of hydrogen-bond acceptors (Lipinski definition) is 5. The number of aromatic nitrogens is 1. The van der Waals surface area contributed by atoms with Crippen molar-refractivity contribution in [3.63, 3.8) is 0 Å². The molecule has 6 heteroatoms. The maximum atomic E-state index is 9.65. The van der Waals surface area contributed by atoms with E-state index in [-0.39, 0.29) is 11.8 Å². The van der Waals surface area contributed by atoms with Crippen LogP contribution in [0.15, 0.2) is 30.3 Å². The molecule has 4 nitrogen and oxygen atoms in total. The second-order valence-electron chi connectivity index (χ2n) is 6.16. The van der Waals surface area contributed by atoms with Crippen LogP contribution in [0.1, 0.15) is 27.6 Å². The molecule has 0 bridgehead atoms. The smallest absolute Gasteiger partial charge is 0.205 e. The van der Waals surface area contributed by atoms with E-state index in [0.717, 1.165) is 31.9 Å². The summed E-state index contributed by atoms with van der Waals surface area (Å²) in [6.07, 6.45) is 0. The highest BCUT2D eigenvalue weighted by Gasteiger charge is 2.40. The largest absolute Gasteiger partial charge is 0.440 e. The molecule has 2 aromatic heterocycles. The summed E-state index contributed by atoms with van der Waals surface area (Å²) in [5.74, 6) is -0.328. The van der Waals surface area contributed by atoms with Crippen molar-refractivity contribution in [2.75, 3.05) is 0 Å². The molecular formula is C19H14ClN3OS. The highest BCUT2D eigenvalue weighted by atomic mass is 35.5. The lowest BCUT2D eigenvalue weighted by atomic mass is 9.83. The summed E-state index contributed by atoms with van der Waals surface area (Å²) < 4.78 is 5.79. The summed E-state index contributed by atoms with van der Waals surface area (Å²) in [4.78, 5) is 6.43. The monoisotopic (exact) mass is 367 g/mol. The fraction of sp³-hybridized carbons (Fsp3) is 0.211. The number of rotatable bonds is 1. The number of halogens is 1. The van der Waals surface area contributed by atoms with Gasteiger partial charge in [0.05, 0.1) is 16.3 Å². The molecule has 1 N–H and O–H groups in total. The van der Waals surface area contributed by atoms with Gasteiger partial charge < -0.3 is 4.74 Å². The van der Waals surface area contributed by atoms with Gasteiger partial charge >= 0.3 is 0 Å². The van der Waals surface area contributed by atoms with Crippen molar-refractivity contribution < 1.29 is 4.74 Å². The molecule has 0 spiro atoms. The first-order valence-corrected chi connectivity index (χ1v) is 9.01. The molecule has 1 aliphatic rings. The second-order valence-corrected chi connectivity index (χ2v) is 7.63. The minimum Gasteiger partial charge on any atom is -0.440 e. The number of nitrogens with zero attached hydrogens (tertiary/aromatic N) is 2. The molecule has 2 atom stereocenters. The first-order valence-electron chi connectivity index (χ1n) is 7.81. The summed E-state index contributed by atoms with van der Waals surface area (Å²) in [5, 5.41) is 19.4. The third kappa shape index (κ3) is 2.50. The fourth-order valence-electron chi connectivity index (χ4n) is 3.39. The lowest BCUT2D eigenvalue weighted by Gasteiger charge is -2.28. The average molecular weight is 368 g/mol. The highest BCUT2D eigenvalue weighted by Crippen LogP contribution is 2.50. The minimum absolute atomic E-state index is 0.0281. The number of pyridine rings is 1. The molecule has 0 fully saturated rings. The Balaban J connectivity index is 2.03. The Bertz CT molecular complexity index is 1070. The van der Waals surface area contributed by atoms with Gasteiger partial charge in [0.25, 0.3) is 0 Å². The van der Waals surface area contributed by atoms with Crippen LogP contribution in [0.2, 0.25) is 5.02 Å². The van der Waals surface area contributed by atoms with Crippen molar-refractivity contribution in [1.29, 1.82) is 10.7 Å². The normalized spacial score (nSPS) is 19.4. The predicted octanol–water partition coefficient (Wildman–Crippen LogP) is 5.21. The van der Waals surface area contributed by atoms with Gasteiger partial charge in [-0.05, 0) is 43.2 Å². The number of nitriles is 1. The number of hydrogen-bond donors (Lipinski definition) is 1. The number of thiophene rings is 1. The van der Waals surface area contributed by atoms with Gasteiger partial charge in [0.1, 0.15) is 10.7 Å². The Morgan fingerprint density at radius 1 is 1.32 bits per heavy atom. The number of aryl methyl sites for hydroxylation is 2. The highest BCUT2D eigenvalue weighted by molar-refractivity contribution is 7.19. The molecule has 1 aromatic carbocycles. The van der Waals surface area contributed by atoms with Gasteiger partial charge in [-0.2, -0.15) is 5.26 Å². The molecule has 0 amide bonds. The van der Waals surface area contributed by atoms with Crippen molar-refractivity contribution in [2.45, 2.75) is 19.8 Å². The van der Waals surface area contributed by atoms with E-state index in [2.05, 4.69) is 11.1 Å². The van der Waals surface area contributed by atoms with Gasteiger partial charge in [0, 0.05) is 16.6 Å². The number of fused-ring (bicyclic) bond motifs is 3. The molecule has 124 valence electrons. The van der Waals surface area contributed by atoms with Crippen LogP contribution in [-0.4, -0.2) is 10.9 Å². The first-order chi connectivity index (χ1) is 12.0. The van der Waals surface area contributed by atoms with Crippen molar-refractivity contribution in [1.82, 2.24) is 4.98 Å². The van der Waals surface area contributed by atoms with Gasteiger partial charge in [0.15, 0.2) is 5.75 Å². The lowest BCUT2D eigenvalue weighted by molar-refractivity contribution is 0.461. The zero-order valence-electron chi connectivity index (χ0n) is 13.6. The number of nitrogens with one attached hydrogen (secondary N) is 1. The maximum absolute atomic E-state index is 9.65. The molecule has 25 heavy (non-hydrogen) atoms. The van der Waals surface area contributed by atoms with Crippen LogP contribution in [0.25, 0.3) is 10.2 Å². The van der Waals surface area contributed by atoms with Gasteiger partial charge in [-0.15, -0.1) is 11.3 Å². The molecule has 2 unspecified atom stereocenters. The maximum Gasteiger partial charge on any atom is 0.205 e. The van der Waals surface area contributed by atoms with Crippen molar-refractivity contribution in [3.05, 3.63) is 57.1 Å². The molecule has 0 radical (unpaired) electrons. The fourth-order valence-corrected chi connectivity index (χ4v) is 4.97. The van der Waals surface area contributed by atoms with E-state index in [1.54, 1.807) is 6.07 Å². The van der Waals surface area contributed by atoms with Crippen LogP contribution in [0.3, 0.4) is 0 Å². The summed E-state index contributed by atoms with van der Waals surface area (Å²) in [7, 11) is 0. The van der Waals surface area contributed by atoms with E-state index in [1.165, 1.54) is 11.3 Å². The molecule has 4 rings (SSSR count). The van der Waals surface area contributed by atoms with Gasteiger partial charge in [-0.3, -0.25) is 5.41 Å². The predicted molar refractivity (Wildman–Crippen MR) is 99.8 cm³/mol. The Kier molecular flexibility index (Phi) is 3.75. The second kappa shape index (κ2) is 5.83. The lowest BCUT2D eigenvalue weighted by Crippen LogP contribution is -2.30. The van der Waals surface area contributed by atoms with Crippen molar-refractivity contribution in [3.8, 4) is 11.8 Å². The Hall–Kier alpha value is -2.42. The number of ether oxygens (including phenoxy) is 1. The minimum atomic E-state index is -0.680. The van der Waals surface area contributed by atoms with Crippen LogP contribution in [0, 0.1) is 36.5 Å². The van der Waals surface area contributed by atoms with E-state index in [9.17, 15) is 5.26 Å². The Morgan fingerprint density at radius 2 is 2.12 bits per heavy atom. The SMILES string of the molecule is Cc1cc(C)c2c3c(sc2n1)C(c1cccc(Cl)c1)C(C#N)C(=N)O3. The van der Waals surface area contributed by atoms with E-state index in [0.29, 0.717) is 10.8 Å². The summed E-state index contributed by atoms with van der Waals surface area (Å²) in [5.41, 5.74) is 2.91. The molecule has 1 aliphatic heterocycles. The molecule has 3 aromatic rings. The number of benzene rings is 1. The molecule has 3 heterocycles. The molecular weight excluding hydrogens is 354 g/mol. The van der Waals surface area contributed by atoms with Crippen LogP contribution >= 0.6 is 22.9 Å². The summed E-state index contributed by atoms with van der Waals surface area (Å²) in [6.45, 7) is 3.97. The van der Waals surface area contributed by atoms with Crippen LogP contribution < -0.4 is 4.74 Å². The Labute approximate surface area is 154 Å². The zero-order chi connectivity index (χ0) is 17.7. The quantitative estimate of drug-likeness (QED) is 0.642. The standard InChI is InChI=1S/C19H14ClN3OS/c1-9-6-10(2)23-19-14(9)16-17(25-19)15(13(8-21)18(22)24-16)11-4-3-5-12(20)7-11/h3-7,13,15,22H,1-2H3. The van der Waals surface area contributed by atoms with Gasteiger partial charge in [0.2, 0.25) is 5.90 Å². The molecule has 0 saturated heterocycles. The first kappa shape index (κ1) is 16.1. The van der Waals surface area contributed by atoms with E-state index < -0.39 is 5.92 Å². The van der Waals surface area contributed by atoms with Crippen LogP contribution in [0.4, 0.5) is 0 Å². The van der Waals surface area contributed by atoms with Gasteiger partial charge in [-0.25, -0.2) is 4.98 Å². The summed E-state index contributed by atoms with van der Waals surface area (Å²) in [6, 6.07) is 11.7. The zero-order valence-corrected chi connectivity index (χ0v) is 15.2. The van der Waals surface area contributed by atoms with Gasteiger partial charge in [-0.1, -0.05) is 23.7 Å². The van der Waals surface area contributed by atoms with E-state index >= 15 is 0 Å². The average Bonchev–Trinajstić information content (AvgIpc) is 2.91.